The van der Waals surface area contributed by atoms with Gasteiger partial charge in [0.15, 0.2) is 11.6 Å². The molecule has 1 atom stereocenters. The number of hydrogen-bond donors (Lipinski definition) is 1. The van der Waals surface area contributed by atoms with Crippen LogP contribution in [0.2, 0.25) is 0 Å². The second-order valence-corrected chi connectivity index (χ2v) is 5.89. The molecule has 1 aromatic heterocycles. The minimum atomic E-state index is -0.303. The second-order valence-electron chi connectivity index (χ2n) is 5.89. The summed E-state index contributed by atoms with van der Waals surface area (Å²) in [6.07, 6.45) is 5.64. The summed E-state index contributed by atoms with van der Waals surface area (Å²) in [6.45, 7) is 7.05. The predicted molar refractivity (Wildman–Crippen MR) is 81.7 cm³/mol. The fraction of sp³-hybridized carbons (Fsp3) is 0.600. The SMILES string of the molecule is C=C(N)C1CCCN(c2ncnc(N3CCCC3)c2F)C1. The van der Waals surface area contributed by atoms with Crippen LogP contribution in [0.4, 0.5) is 16.0 Å². The molecule has 0 aliphatic carbocycles. The van der Waals surface area contributed by atoms with Crippen molar-refractivity contribution >= 4 is 11.6 Å². The van der Waals surface area contributed by atoms with Gasteiger partial charge in [0.2, 0.25) is 5.82 Å². The van der Waals surface area contributed by atoms with Gasteiger partial charge in [-0.15, -0.1) is 0 Å². The van der Waals surface area contributed by atoms with Crippen LogP contribution in [0.3, 0.4) is 0 Å². The van der Waals surface area contributed by atoms with E-state index in [1.54, 1.807) is 0 Å². The fourth-order valence-electron chi connectivity index (χ4n) is 3.19. The molecular formula is C15H22FN5. The third-order valence-corrected chi connectivity index (χ3v) is 4.40. The van der Waals surface area contributed by atoms with Crippen LogP contribution < -0.4 is 15.5 Å². The van der Waals surface area contributed by atoms with Crippen molar-refractivity contribution in [1.82, 2.24) is 9.97 Å². The van der Waals surface area contributed by atoms with Crippen LogP contribution >= 0.6 is 0 Å². The summed E-state index contributed by atoms with van der Waals surface area (Å²) in [7, 11) is 0. The number of nitrogens with zero attached hydrogens (tertiary/aromatic N) is 4. The van der Waals surface area contributed by atoms with Crippen LogP contribution in [0, 0.1) is 11.7 Å². The van der Waals surface area contributed by atoms with E-state index in [9.17, 15) is 4.39 Å². The molecule has 0 aromatic carbocycles. The molecule has 3 heterocycles. The van der Waals surface area contributed by atoms with Crippen LogP contribution in [0.5, 0.6) is 0 Å². The van der Waals surface area contributed by atoms with Crippen LogP contribution in [0.25, 0.3) is 0 Å². The number of rotatable bonds is 3. The van der Waals surface area contributed by atoms with Gasteiger partial charge in [0.05, 0.1) is 0 Å². The first-order chi connectivity index (χ1) is 10.2. The molecule has 2 fully saturated rings. The number of anilines is 2. The number of halogens is 1. The molecule has 0 spiro atoms. The Kier molecular flexibility index (Phi) is 3.94. The minimum absolute atomic E-state index is 0.211. The highest BCUT2D eigenvalue weighted by molar-refractivity contribution is 5.53. The van der Waals surface area contributed by atoms with Gasteiger partial charge in [-0.3, -0.25) is 0 Å². The molecule has 3 rings (SSSR count). The van der Waals surface area contributed by atoms with Gasteiger partial charge in [0.1, 0.15) is 6.33 Å². The lowest BCUT2D eigenvalue weighted by molar-refractivity contribution is 0.454. The smallest absolute Gasteiger partial charge is 0.208 e. The normalized spacial score (nSPS) is 22.6. The summed E-state index contributed by atoms with van der Waals surface area (Å²) < 4.78 is 14.8. The first kappa shape index (κ1) is 14.1. The maximum atomic E-state index is 14.8. The maximum absolute atomic E-state index is 14.8. The van der Waals surface area contributed by atoms with Gasteiger partial charge < -0.3 is 15.5 Å². The molecule has 2 aliphatic heterocycles. The average Bonchev–Trinajstić information content (AvgIpc) is 3.01. The first-order valence-electron chi connectivity index (χ1n) is 7.61. The standard InChI is InChI=1S/C15H22FN5/c1-11(17)12-5-4-8-21(9-12)15-13(16)14(18-10-19-15)20-6-2-3-7-20/h10,12H,1-9,17H2. The molecule has 6 heteroatoms. The minimum Gasteiger partial charge on any atom is -0.402 e. The molecule has 21 heavy (non-hydrogen) atoms. The fourth-order valence-corrected chi connectivity index (χ4v) is 3.19. The van der Waals surface area contributed by atoms with E-state index in [2.05, 4.69) is 16.5 Å². The summed E-state index contributed by atoms with van der Waals surface area (Å²) in [4.78, 5) is 12.3. The van der Waals surface area contributed by atoms with Crippen molar-refractivity contribution in [1.29, 1.82) is 0 Å². The molecule has 2 N–H and O–H groups in total. The summed E-state index contributed by atoms with van der Waals surface area (Å²) in [6, 6.07) is 0. The highest BCUT2D eigenvalue weighted by Crippen LogP contribution is 2.30. The Morgan fingerprint density at radius 2 is 1.76 bits per heavy atom. The largest absolute Gasteiger partial charge is 0.402 e. The van der Waals surface area contributed by atoms with Crippen molar-refractivity contribution in [3.8, 4) is 0 Å². The molecule has 1 unspecified atom stereocenters. The Morgan fingerprint density at radius 1 is 1.14 bits per heavy atom. The van der Waals surface area contributed by atoms with Gasteiger partial charge in [0.25, 0.3) is 0 Å². The van der Waals surface area contributed by atoms with Crippen LogP contribution in [-0.4, -0.2) is 36.1 Å². The lowest BCUT2D eigenvalue weighted by atomic mass is 9.96. The first-order valence-corrected chi connectivity index (χ1v) is 7.61. The van der Waals surface area contributed by atoms with Gasteiger partial charge in [-0.05, 0) is 25.7 Å². The third kappa shape index (κ3) is 2.80. The van der Waals surface area contributed by atoms with Crippen molar-refractivity contribution in [3.05, 3.63) is 24.4 Å². The number of aromatic nitrogens is 2. The second kappa shape index (κ2) is 5.87. The van der Waals surface area contributed by atoms with E-state index in [-0.39, 0.29) is 11.7 Å². The van der Waals surface area contributed by atoms with Crippen molar-refractivity contribution in [2.45, 2.75) is 25.7 Å². The lowest BCUT2D eigenvalue weighted by Gasteiger charge is -2.34. The summed E-state index contributed by atoms with van der Waals surface area (Å²) in [5.41, 5.74) is 6.49. The molecule has 2 aliphatic rings. The van der Waals surface area contributed by atoms with Gasteiger partial charge in [0, 0.05) is 37.8 Å². The zero-order chi connectivity index (χ0) is 14.8. The number of piperidine rings is 1. The zero-order valence-corrected chi connectivity index (χ0v) is 12.3. The predicted octanol–water partition coefficient (Wildman–Crippen LogP) is 1.90. The topological polar surface area (TPSA) is 58.3 Å². The molecule has 1 aromatic rings. The molecule has 0 amide bonds. The Balaban J connectivity index is 1.84. The number of nitrogens with two attached hydrogens (primary N) is 1. The molecule has 5 nitrogen and oxygen atoms in total. The van der Waals surface area contributed by atoms with E-state index in [4.69, 9.17) is 5.73 Å². The van der Waals surface area contributed by atoms with Crippen LogP contribution in [0.1, 0.15) is 25.7 Å². The highest BCUT2D eigenvalue weighted by Gasteiger charge is 2.27. The van der Waals surface area contributed by atoms with E-state index in [0.717, 1.165) is 45.3 Å². The van der Waals surface area contributed by atoms with Crippen molar-refractivity contribution in [2.24, 2.45) is 11.7 Å². The van der Waals surface area contributed by atoms with Gasteiger partial charge in [-0.1, -0.05) is 6.58 Å². The monoisotopic (exact) mass is 291 g/mol. The van der Waals surface area contributed by atoms with Crippen LogP contribution in [0.15, 0.2) is 18.6 Å². The molecule has 0 saturated carbocycles. The highest BCUT2D eigenvalue weighted by atomic mass is 19.1. The van der Waals surface area contributed by atoms with Crippen molar-refractivity contribution in [3.63, 3.8) is 0 Å². The molecule has 0 bridgehead atoms. The van der Waals surface area contributed by atoms with Gasteiger partial charge >= 0.3 is 0 Å². The van der Waals surface area contributed by atoms with Crippen LogP contribution in [-0.2, 0) is 0 Å². The van der Waals surface area contributed by atoms with E-state index in [0.29, 0.717) is 23.9 Å². The molecule has 2 saturated heterocycles. The molecule has 0 radical (unpaired) electrons. The Bertz CT molecular complexity index is 527. The van der Waals surface area contributed by atoms with Gasteiger partial charge in [-0.25, -0.2) is 9.97 Å². The zero-order valence-electron chi connectivity index (χ0n) is 12.3. The Morgan fingerprint density at radius 3 is 2.43 bits per heavy atom. The Labute approximate surface area is 124 Å². The third-order valence-electron chi connectivity index (χ3n) is 4.40. The van der Waals surface area contributed by atoms with Crippen molar-refractivity contribution in [2.75, 3.05) is 36.0 Å². The van der Waals surface area contributed by atoms with Crippen molar-refractivity contribution < 1.29 is 4.39 Å². The maximum Gasteiger partial charge on any atom is 0.208 e. The summed E-state index contributed by atoms with van der Waals surface area (Å²) >= 11 is 0. The summed E-state index contributed by atoms with van der Waals surface area (Å²) in [5.74, 6) is 0.745. The Hall–Kier alpha value is -1.85. The summed E-state index contributed by atoms with van der Waals surface area (Å²) in [5, 5.41) is 0. The number of hydrogen-bond acceptors (Lipinski definition) is 5. The molecular weight excluding hydrogens is 269 g/mol. The average molecular weight is 291 g/mol. The van der Waals surface area contributed by atoms with E-state index in [1.807, 2.05) is 9.80 Å². The lowest BCUT2D eigenvalue weighted by Crippen LogP contribution is -2.38. The molecule has 114 valence electrons. The van der Waals surface area contributed by atoms with E-state index in [1.165, 1.54) is 6.33 Å². The van der Waals surface area contributed by atoms with Gasteiger partial charge in [-0.2, -0.15) is 4.39 Å². The van der Waals surface area contributed by atoms with E-state index < -0.39 is 0 Å². The quantitative estimate of drug-likeness (QED) is 0.922. The van der Waals surface area contributed by atoms with E-state index >= 15 is 0 Å².